The molecule has 0 radical (unpaired) electrons. The minimum absolute atomic E-state index is 0.0903. The molecule has 0 aliphatic carbocycles. The minimum atomic E-state index is -0.218. The van der Waals surface area contributed by atoms with Crippen molar-refractivity contribution in [1.29, 1.82) is 0 Å². The van der Waals surface area contributed by atoms with Crippen LogP contribution in [0.1, 0.15) is 27.7 Å². The Labute approximate surface area is 74.5 Å². The molecule has 3 nitrogen and oxygen atoms in total. The Hall–Kier alpha value is -0.410. The van der Waals surface area contributed by atoms with Crippen molar-refractivity contribution in [3.8, 4) is 0 Å². The van der Waals surface area contributed by atoms with Crippen molar-refractivity contribution < 1.29 is 9.53 Å². The lowest BCUT2D eigenvalue weighted by Gasteiger charge is -2.28. The van der Waals surface area contributed by atoms with E-state index in [0.717, 1.165) is 6.29 Å². The summed E-state index contributed by atoms with van der Waals surface area (Å²) >= 11 is 0. The summed E-state index contributed by atoms with van der Waals surface area (Å²) in [4.78, 5) is 10.5. The molecule has 0 aliphatic rings. The number of hydrogen-bond acceptors (Lipinski definition) is 3. The monoisotopic (exact) mass is 173 g/mol. The van der Waals surface area contributed by atoms with Crippen LogP contribution in [-0.2, 0) is 9.53 Å². The van der Waals surface area contributed by atoms with Crippen LogP contribution in [0.15, 0.2) is 0 Å². The van der Waals surface area contributed by atoms with Gasteiger partial charge in [-0.05, 0) is 34.7 Å². The van der Waals surface area contributed by atoms with Crippen LogP contribution in [0.2, 0.25) is 0 Å². The molecule has 2 atom stereocenters. The summed E-state index contributed by atoms with van der Waals surface area (Å²) in [5.74, 6) is 0. The smallest absolute Gasteiger partial charge is 0.139 e. The van der Waals surface area contributed by atoms with Gasteiger partial charge in [-0.15, -0.1) is 0 Å². The van der Waals surface area contributed by atoms with Crippen molar-refractivity contribution in [2.75, 3.05) is 7.05 Å². The molecule has 0 rings (SSSR count). The van der Waals surface area contributed by atoms with Gasteiger partial charge in [0, 0.05) is 0 Å². The van der Waals surface area contributed by atoms with Crippen molar-refractivity contribution >= 4 is 6.29 Å². The van der Waals surface area contributed by atoms with Crippen LogP contribution in [-0.4, -0.2) is 31.1 Å². The molecule has 2 unspecified atom stereocenters. The summed E-state index contributed by atoms with van der Waals surface area (Å²) in [5, 5.41) is 2.88. The van der Waals surface area contributed by atoms with Gasteiger partial charge < -0.3 is 14.8 Å². The number of likely N-dealkylation sites (N-methyl/N-ethyl adjacent to an activating group) is 1. The third-order valence-electron chi connectivity index (χ3n) is 1.53. The second kappa shape index (κ2) is 4.58. The fraction of sp³-hybridized carbons (Fsp3) is 0.889. The summed E-state index contributed by atoms with van der Waals surface area (Å²) in [6, 6.07) is -0.218. The number of nitrogens with one attached hydrogen (secondary N) is 1. The lowest BCUT2D eigenvalue weighted by molar-refractivity contribution is -0.117. The summed E-state index contributed by atoms with van der Waals surface area (Å²) < 4.78 is 5.59. The molecule has 0 saturated heterocycles. The Morgan fingerprint density at radius 2 is 1.92 bits per heavy atom. The van der Waals surface area contributed by atoms with E-state index in [-0.39, 0.29) is 17.7 Å². The molecular formula is C9H19NO2. The first-order chi connectivity index (χ1) is 5.40. The van der Waals surface area contributed by atoms with Crippen molar-refractivity contribution in [3.05, 3.63) is 0 Å². The second-order valence-electron chi connectivity index (χ2n) is 3.89. The third kappa shape index (κ3) is 4.46. The maximum Gasteiger partial charge on any atom is 0.139 e. The van der Waals surface area contributed by atoms with E-state index in [1.54, 1.807) is 7.05 Å². The van der Waals surface area contributed by atoms with Crippen LogP contribution in [0.4, 0.5) is 0 Å². The van der Waals surface area contributed by atoms with Crippen LogP contribution < -0.4 is 5.32 Å². The highest BCUT2D eigenvalue weighted by Crippen LogP contribution is 2.11. The lowest BCUT2D eigenvalue weighted by Crippen LogP contribution is -2.42. The molecule has 3 heteroatoms. The topological polar surface area (TPSA) is 38.3 Å². The van der Waals surface area contributed by atoms with E-state index < -0.39 is 0 Å². The minimum Gasteiger partial charge on any atom is -0.371 e. The summed E-state index contributed by atoms with van der Waals surface area (Å²) in [6.45, 7) is 7.81. The molecule has 1 N–H and O–H groups in total. The number of carbonyl (C=O) groups excluding carboxylic acids is 1. The molecule has 0 saturated carbocycles. The Morgan fingerprint density at radius 1 is 1.42 bits per heavy atom. The number of rotatable bonds is 4. The lowest BCUT2D eigenvalue weighted by atomic mass is 10.1. The van der Waals surface area contributed by atoms with Crippen molar-refractivity contribution in [2.45, 2.75) is 45.4 Å². The SMILES string of the molecule is CNC(C=O)C(C)OC(C)(C)C. The van der Waals surface area contributed by atoms with Gasteiger partial charge in [0.1, 0.15) is 6.29 Å². The van der Waals surface area contributed by atoms with Gasteiger partial charge in [-0.2, -0.15) is 0 Å². The van der Waals surface area contributed by atoms with E-state index in [1.807, 2.05) is 27.7 Å². The van der Waals surface area contributed by atoms with Gasteiger partial charge in [0.05, 0.1) is 17.7 Å². The summed E-state index contributed by atoms with van der Waals surface area (Å²) in [5.41, 5.74) is -0.197. The average molecular weight is 173 g/mol. The summed E-state index contributed by atoms with van der Waals surface area (Å²) in [6.07, 6.45) is 0.781. The fourth-order valence-corrected chi connectivity index (χ4v) is 1.04. The highest BCUT2D eigenvalue weighted by Gasteiger charge is 2.21. The molecular weight excluding hydrogens is 154 g/mol. The first-order valence-electron chi connectivity index (χ1n) is 4.21. The molecule has 0 aromatic rings. The largest absolute Gasteiger partial charge is 0.371 e. The van der Waals surface area contributed by atoms with Crippen LogP contribution in [0, 0.1) is 0 Å². The second-order valence-corrected chi connectivity index (χ2v) is 3.89. The van der Waals surface area contributed by atoms with Gasteiger partial charge in [0.15, 0.2) is 0 Å². The van der Waals surface area contributed by atoms with Crippen LogP contribution >= 0.6 is 0 Å². The molecule has 0 amide bonds. The van der Waals surface area contributed by atoms with E-state index >= 15 is 0 Å². The molecule has 0 bridgehead atoms. The van der Waals surface area contributed by atoms with Crippen molar-refractivity contribution in [3.63, 3.8) is 0 Å². The maximum absolute atomic E-state index is 10.5. The van der Waals surface area contributed by atoms with Gasteiger partial charge in [-0.3, -0.25) is 0 Å². The summed E-state index contributed by atoms with van der Waals surface area (Å²) in [7, 11) is 1.75. The van der Waals surface area contributed by atoms with E-state index in [1.165, 1.54) is 0 Å². The molecule has 0 fully saturated rings. The Bertz CT molecular complexity index is 140. The van der Waals surface area contributed by atoms with Gasteiger partial charge in [0.25, 0.3) is 0 Å². The maximum atomic E-state index is 10.5. The van der Waals surface area contributed by atoms with Gasteiger partial charge in [-0.1, -0.05) is 0 Å². The molecule has 12 heavy (non-hydrogen) atoms. The normalized spacial score (nSPS) is 17.1. The van der Waals surface area contributed by atoms with Crippen molar-refractivity contribution in [2.24, 2.45) is 0 Å². The average Bonchev–Trinajstić information content (AvgIpc) is 1.85. The van der Waals surface area contributed by atoms with E-state index in [2.05, 4.69) is 5.32 Å². The van der Waals surface area contributed by atoms with Crippen LogP contribution in [0.25, 0.3) is 0 Å². The van der Waals surface area contributed by atoms with Gasteiger partial charge in [-0.25, -0.2) is 0 Å². The van der Waals surface area contributed by atoms with Crippen LogP contribution in [0.5, 0.6) is 0 Å². The highest BCUT2D eigenvalue weighted by atomic mass is 16.5. The predicted octanol–water partition coefficient (Wildman–Crippen LogP) is 0.977. The quantitative estimate of drug-likeness (QED) is 0.644. The molecule has 0 aromatic heterocycles. The predicted molar refractivity (Wildman–Crippen MR) is 49.2 cm³/mol. The molecule has 0 aromatic carbocycles. The van der Waals surface area contributed by atoms with Gasteiger partial charge in [0.2, 0.25) is 0 Å². The molecule has 0 heterocycles. The zero-order chi connectivity index (χ0) is 9.78. The Kier molecular flexibility index (Phi) is 4.42. The standard InChI is InChI=1S/C9H19NO2/c1-7(8(6-11)10-5)12-9(2,3)4/h6-8,10H,1-5H3. The fourth-order valence-electron chi connectivity index (χ4n) is 1.04. The molecule has 0 aliphatic heterocycles. The first kappa shape index (κ1) is 11.6. The van der Waals surface area contributed by atoms with E-state index in [0.29, 0.717) is 0 Å². The zero-order valence-corrected chi connectivity index (χ0v) is 8.55. The Morgan fingerprint density at radius 3 is 2.17 bits per heavy atom. The third-order valence-corrected chi connectivity index (χ3v) is 1.53. The number of aldehydes is 1. The zero-order valence-electron chi connectivity index (χ0n) is 8.55. The van der Waals surface area contributed by atoms with E-state index in [4.69, 9.17) is 4.74 Å². The number of ether oxygens (including phenoxy) is 1. The van der Waals surface area contributed by atoms with Crippen molar-refractivity contribution in [1.82, 2.24) is 5.32 Å². The number of carbonyl (C=O) groups is 1. The van der Waals surface area contributed by atoms with Crippen LogP contribution in [0.3, 0.4) is 0 Å². The Balaban J connectivity index is 4.01. The highest BCUT2D eigenvalue weighted by molar-refractivity contribution is 5.58. The molecule has 72 valence electrons. The first-order valence-corrected chi connectivity index (χ1v) is 4.21. The van der Waals surface area contributed by atoms with E-state index in [9.17, 15) is 4.79 Å². The number of hydrogen-bond donors (Lipinski definition) is 1. The molecule has 0 spiro atoms. The van der Waals surface area contributed by atoms with Gasteiger partial charge >= 0.3 is 0 Å².